The Morgan fingerprint density at radius 1 is 1.44 bits per heavy atom. The van der Waals surface area contributed by atoms with Gasteiger partial charge in [-0.25, -0.2) is 0 Å². The fourth-order valence-corrected chi connectivity index (χ4v) is 2.69. The van der Waals surface area contributed by atoms with Gasteiger partial charge in [0.05, 0.1) is 0 Å². The molecule has 0 aromatic carbocycles. The van der Waals surface area contributed by atoms with E-state index in [9.17, 15) is 4.79 Å². The Balaban J connectivity index is 1.81. The molecule has 16 heavy (non-hydrogen) atoms. The molecule has 1 aromatic heterocycles. The number of hydrogen-bond acceptors (Lipinski definition) is 5. The number of rotatable bonds is 3. The van der Waals surface area contributed by atoms with E-state index in [1.54, 1.807) is 0 Å². The normalized spacial score (nSPS) is 25.3. The Hall–Kier alpha value is -1.11. The highest BCUT2D eigenvalue weighted by molar-refractivity contribution is 7.99. The lowest BCUT2D eigenvalue weighted by atomic mass is 9.95. The van der Waals surface area contributed by atoms with Crippen molar-refractivity contribution in [3.05, 3.63) is 5.82 Å². The van der Waals surface area contributed by atoms with Gasteiger partial charge in [0.25, 0.3) is 11.7 Å². The summed E-state index contributed by atoms with van der Waals surface area (Å²) < 4.78 is 0. The van der Waals surface area contributed by atoms with Crippen LogP contribution < -0.4 is 5.32 Å². The highest BCUT2D eigenvalue weighted by Gasteiger charge is 2.23. The van der Waals surface area contributed by atoms with E-state index < -0.39 is 0 Å². The minimum Gasteiger partial charge on any atom is -0.346 e. The van der Waals surface area contributed by atoms with Gasteiger partial charge in [-0.2, -0.15) is 17.0 Å². The van der Waals surface area contributed by atoms with Crippen molar-refractivity contribution in [1.82, 2.24) is 25.9 Å². The van der Waals surface area contributed by atoms with Crippen molar-refractivity contribution >= 4 is 17.7 Å². The van der Waals surface area contributed by atoms with Gasteiger partial charge in [-0.3, -0.25) is 4.79 Å². The molecule has 88 valence electrons. The lowest BCUT2D eigenvalue weighted by molar-refractivity contribution is 0.0917. The second-order valence-electron chi connectivity index (χ2n) is 3.92. The van der Waals surface area contributed by atoms with E-state index in [1.165, 1.54) is 12.8 Å². The summed E-state index contributed by atoms with van der Waals surface area (Å²) in [6.07, 6.45) is 6.55. The van der Waals surface area contributed by atoms with Gasteiger partial charge >= 0.3 is 0 Å². The number of amides is 1. The first-order chi connectivity index (χ1) is 7.79. The molecule has 2 rings (SSSR count). The van der Waals surface area contributed by atoms with Crippen LogP contribution in [0.4, 0.5) is 0 Å². The summed E-state index contributed by atoms with van der Waals surface area (Å²) in [6.45, 7) is 0. The van der Waals surface area contributed by atoms with Gasteiger partial charge in [-0.05, 0) is 37.2 Å². The lowest BCUT2D eigenvalue weighted by Crippen LogP contribution is -2.38. The molecule has 0 bridgehead atoms. The predicted octanol–water partition coefficient (Wildman–Crippen LogP) is 0.604. The van der Waals surface area contributed by atoms with Gasteiger partial charge in [0, 0.05) is 11.3 Å². The molecule has 1 aliphatic rings. The van der Waals surface area contributed by atoms with E-state index in [-0.39, 0.29) is 17.8 Å². The molecule has 1 saturated carbocycles. The number of nitrogens with zero attached hydrogens (tertiary/aromatic N) is 3. The summed E-state index contributed by atoms with van der Waals surface area (Å²) in [5, 5.41) is 16.6. The summed E-state index contributed by atoms with van der Waals surface area (Å²) in [5.74, 6) is -0.117. The molecule has 1 fully saturated rings. The van der Waals surface area contributed by atoms with Crippen molar-refractivity contribution in [3.63, 3.8) is 0 Å². The monoisotopic (exact) mass is 241 g/mol. The van der Waals surface area contributed by atoms with Crippen LogP contribution in [0.15, 0.2) is 0 Å². The number of tetrazole rings is 1. The van der Waals surface area contributed by atoms with Crippen molar-refractivity contribution in [3.8, 4) is 0 Å². The third kappa shape index (κ3) is 2.72. The molecule has 1 aromatic rings. The number of hydrogen-bond donors (Lipinski definition) is 2. The van der Waals surface area contributed by atoms with Gasteiger partial charge in [-0.1, -0.05) is 0 Å². The lowest BCUT2D eigenvalue weighted by Gasteiger charge is -2.27. The second kappa shape index (κ2) is 5.29. The van der Waals surface area contributed by atoms with Crippen LogP contribution in [0, 0.1) is 0 Å². The zero-order chi connectivity index (χ0) is 11.4. The van der Waals surface area contributed by atoms with E-state index in [2.05, 4.69) is 32.2 Å². The second-order valence-corrected chi connectivity index (χ2v) is 5.06. The van der Waals surface area contributed by atoms with Crippen LogP contribution in [0.25, 0.3) is 0 Å². The quantitative estimate of drug-likeness (QED) is 0.809. The van der Waals surface area contributed by atoms with E-state index >= 15 is 0 Å². The van der Waals surface area contributed by atoms with Crippen molar-refractivity contribution in [2.24, 2.45) is 0 Å². The number of thioether (sulfide) groups is 1. The van der Waals surface area contributed by atoms with Crippen molar-refractivity contribution < 1.29 is 4.79 Å². The van der Waals surface area contributed by atoms with E-state index in [0.29, 0.717) is 0 Å². The van der Waals surface area contributed by atoms with Gasteiger partial charge in [-0.15, -0.1) is 10.2 Å². The zero-order valence-corrected chi connectivity index (χ0v) is 9.96. The van der Waals surface area contributed by atoms with Crippen LogP contribution in [0.3, 0.4) is 0 Å². The molecule has 7 heteroatoms. The maximum atomic E-state index is 11.6. The molecule has 0 saturated heterocycles. The molecule has 2 N–H and O–H groups in total. The number of aromatic nitrogens is 4. The van der Waals surface area contributed by atoms with E-state index in [1.807, 2.05) is 11.8 Å². The number of nitrogens with one attached hydrogen (secondary N) is 2. The summed E-state index contributed by atoms with van der Waals surface area (Å²) in [7, 11) is 0. The van der Waals surface area contributed by atoms with Crippen LogP contribution in [0.1, 0.15) is 36.3 Å². The molecule has 0 spiro atoms. The minimum atomic E-state index is -0.235. The average molecular weight is 241 g/mol. The largest absolute Gasteiger partial charge is 0.346 e. The molecular weight excluding hydrogens is 226 g/mol. The third-order valence-corrected chi connectivity index (χ3v) is 4.03. The fourth-order valence-electron chi connectivity index (χ4n) is 1.95. The van der Waals surface area contributed by atoms with Crippen molar-refractivity contribution in [1.29, 1.82) is 0 Å². The third-order valence-electron chi connectivity index (χ3n) is 2.89. The fraction of sp³-hybridized carbons (Fsp3) is 0.778. The Bertz CT molecular complexity index is 334. The van der Waals surface area contributed by atoms with E-state index in [4.69, 9.17) is 0 Å². The molecule has 6 nitrogen and oxygen atoms in total. The Labute approximate surface area is 98.0 Å². The minimum absolute atomic E-state index is 0.118. The van der Waals surface area contributed by atoms with Crippen LogP contribution in [0.2, 0.25) is 0 Å². The van der Waals surface area contributed by atoms with Crippen molar-refractivity contribution in [2.75, 3.05) is 6.26 Å². The predicted molar refractivity (Wildman–Crippen MR) is 61.2 cm³/mol. The highest BCUT2D eigenvalue weighted by Crippen LogP contribution is 2.26. The first-order valence-electron chi connectivity index (χ1n) is 5.36. The maximum absolute atomic E-state index is 11.6. The van der Waals surface area contributed by atoms with Gasteiger partial charge in [0.15, 0.2) is 0 Å². The first-order valence-corrected chi connectivity index (χ1v) is 6.65. The maximum Gasteiger partial charge on any atom is 0.293 e. The van der Waals surface area contributed by atoms with Crippen LogP contribution in [-0.2, 0) is 0 Å². The zero-order valence-electron chi connectivity index (χ0n) is 9.14. The van der Waals surface area contributed by atoms with Crippen molar-refractivity contribution in [2.45, 2.75) is 37.0 Å². The van der Waals surface area contributed by atoms with Crippen LogP contribution >= 0.6 is 11.8 Å². The SMILES string of the molecule is CSC1CCC(NC(=O)c2nn[nH]n2)CC1. The number of aromatic amines is 1. The van der Waals surface area contributed by atoms with Gasteiger partial charge in [0.2, 0.25) is 0 Å². The summed E-state index contributed by atoms with van der Waals surface area (Å²) >= 11 is 1.91. The molecule has 0 unspecified atom stereocenters. The van der Waals surface area contributed by atoms with Crippen LogP contribution in [0.5, 0.6) is 0 Å². The topological polar surface area (TPSA) is 83.6 Å². The summed E-state index contributed by atoms with van der Waals surface area (Å²) in [4.78, 5) is 11.6. The molecule has 0 aliphatic heterocycles. The van der Waals surface area contributed by atoms with Gasteiger partial charge < -0.3 is 5.32 Å². The molecule has 1 aliphatic carbocycles. The Kier molecular flexibility index (Phi) is 3.76. The molecule has 1 heterocycles. The number of H-pyrrole nitrogens is 1. The Morgan fingerprint density at radius 3 is 2.75 bits per heavy atom. The average Bonchev–Trinajstić information content (AvgIpc) is 2.83. The highest BCUT2D eigenvalue weighted by atomic mass is 32.2. The Morgan fingerprint density at radius 2 is 2.19 bits per heavy atom. The van der Waals surface area contributed by atoms with Crippen LogP contribution in [-0.4, -0.2) is 44.1 Å². The molecule has 0 atom stereocenters. The first kappa shape index (κ1) is 11.4. The number of carbonyl (C=O) groups excluding carboxylic acids is 1. The summed E-state index contributed by atoms with van der Waals surface area (Å²) in [6, 6.07) is 0.259. The number of carbonyl (C=O) groups is 1. The molecule has 1 amide bonds. The molecule has 0 radical (unpaired) electrons. The molecular formula is C9H15N5OS. The smallest absolute Gasteiger partial charge is 0.293 e. The van der Waals surface area contributed by atoms with E-state index in [0.717, 1.165) is 18.1 Å². The van der Waals surface area contributed by atoms with Gasteiger partial charge in [0.1, 0.15) is 0 Å². The standard InChI is InChI=1S/C9H15N5OS/c1-16-7-4-2-6(3-5-7)10-9(15)8-11-13-14-12-8/h6-7H,2-5H2,1H3,(H,10,15)(H,11,12,13,14). The summed E-state index contributed by atoms with van der Waals surface area (Å²) in [5.41, 5.74) is 0.